The van der Waals surface area contributed by atoms with E-state index in [1.807, 2.05) is 0 Å². The van der Waals surface area contributed by atoms with E-state index in [0.717, 1.165) is 0 Å². The Morgan fingerprint density at radius 3 is 1.32 bits per heavy atom. The number of halogens is 2. The van der Waals surface area contributed by atoms with Gasteiger partial charge in [-0.25, -0.2) is 0 Å². The van der Waals surface area contributed by atoms with Gasteiger partial charge in [0.25, 0.3) is 0 Å². The molecule has 0 amide bonds. The van der Waals surface area contributed by atoms with E-state index in [2.05, 4.69) is 20.1 Å². The van der Waals surface area contributed by atoms with Gasteiger partial charge in [0.1, 0.15) is 0 Å². The largest absolute Gasteiger partial charge is 0.469 e. The summed E-state index contributed by atoms with van der Waals surface area (Å²) in [4.78, 5) is 21.6. The molecule has 2 heterocycles. The molecule has 10 heteroatoms. The average Bonchev–Trinajstić information content (AvgIpc) is 3.06. The zero-order chi connectivity index (χ0) is 15.1. The summed E-state index contributed by atoms with van der Waals surface area (Å²) in [5.74, 6) is -1.41. The van der Waals surface area contributed by atoms with Gasteiger partial charge in [-0.1, -0.05) is 0 Å². The van der Waals surface area contributed by atoms with Gasteiger partial charge in [-0.2, -0.15) is 0 Å². The molecule has 2 aliphatic rings. The van der Waals surface area contributed by atoms with Crippen LogP contribution >= 0.6 is 24.8 Å². The van der Waals surface area contributed by atoms with Crippen LogP contribution in [0.3, 0.4) is 0 Å². The molecular weight excluding hydrogens is 339 g/mol. The van der Waals surface area contributed by atoms with Crippen molar-refractivity contribution in [3.8, 4) is 0 Å². The molecule has 0 radical (unpaired) electrons. The van der Waals surface area contributed by atoms with Crippen LogP contribution in [0, 0.1) is 11.8 Å². The molecule has 0 bridgehead atoms. The van der Waals surface area contributed by atoms with E-state index < -0.39 is 12.2 Å². The van der Waals surface area contributed by atoms with Crippen LogP contribution in [0.15, 0.2) is 0 Å². The van der Waals surface area contributed by atoms with E-state index in [1.165, 1.54) is 14.2 Å². The summed E-state index contributed by atoms with van der Waals surface area (Å²) in [7, 11) is 2.65. The number of aliphatic hydroxyl groups is 2. The smallest absolute Gasteiger partial charge is 0.312 e. The Kier molecular flexibility index (Phi) is 12.7. The topological polar surface area (TPSA) is 117 Å². The summed E-state index contributed by atoms with van der Waals surface area (Å²) in [6.45, 7) is 2.02. The molecule has 0 unspecified atom stereocenters. The van der Waals surface area contributed by atoms with Crippen LogP contribution < -0.4 is 10.6 Å². The predicted molar refractivity (Wildman–Crippen MR) is 83.3 cm³/mol. The quantitative estimate of drug-likeness (QED) is 0.430. The number of nitrogens with one attached hydrogen (secondary N) is 2. The molecule has 0 aliphatic carbocycles. The highest BCUT2D eigenvalue weighted by atomic mass is 35.5. The lowest BCUT2D eigenvalue weighted by Gasteiger charge is -2.08. The van der Waals surface area contributed by atoms with Crippen molar-refractivity contribution in [2.24, 2.45) is 11.8 Å². The summed E-state index contributed by atoms with van der Waals surface area (Å²) >= 11 is 0. The Bertz CT molecular complexity index is 316. The molecule has 0 aromatic heterocycles. The number of methoxy groups -OCH3 is 2. The summed E-state index contributed by atoms with van der Waals surface area (Å²) < 4.78 is 8.93. The van der Waals surface area contributed by atoms with Gasteiger partial charge in [-0.15, -0.1) is 24.8 Å². The van der Waals surface area contributed by atoms with Crippen LogP contribution in [-0.2, 0) is 19.1 Å². The van der Waals surface area contributed by atoms with Crippen molar-refractivity contribution in [3.63, 3.8) is 0 Å². The number of aliphatic hydroxyl groups excluding tert-OH is 2. The lowest BCUT2D eigenvalue weighted by Crippen LogP contribution is -2.27. The summed E-state index contributed by atoms with van der Waals surface area (Å²) in [6.07, 6.45) is -1.15. The lowest BCUT2D eigenvalue weighted by atomic mass is 10.1. The molecular formula is C12H24Cl2N2O6. The second-order valence-electron chi connectivity index (χ2n) is 4.71. The molecule has 2 fully saturated rings. The first-order chi connectivity index (χ1) is 9.51. The second kappa shape index (κ2) is 11.9. The van der Waals surface area contributed by atoms with Crippen LogP contribution in [0.1, 0.15) is 0 Å². The Balaban J connectivity index is 0. The molecule has 2 rings (SSSR count). The maximum Gasteiger partial charge on any atom is 0.312 e. The minimum Gasteiger partial charge on any atom is -0.469 e. The molecule has 4 atom stereocenters. The molecule has 0 spiro atoms. The molecule has 132 valence electrons. The van der Waals surface area contributed by atoms with Crippen LogP contribution in [-0.4, -0.2) is 74.8 Å². The Labute approximate surface area is 141 Å². The van der Waals surface area contributed by atoms with E-state index in [9.17, 15) is 9.59 Å². The van der Waals surface area contributed by atoms with Gasteiger partial charge < -0.3 is 30.3 Å². The van der Waals surface area contributed by atoms with E-state index in [-0.39, 0.29) is 48.6 Å². The molecule has 22 heavy (non-hydrogen) atoms. The van der Waals surface area contributed by atoms with Crippen LogP contribution in [0.25, 0.3) is 0 Å². The van der Waals surface area contributed by atoms with Crippen molar-refractivity contribution in [2.75, 3.05) is 40.4 Å². The molecule has 0 aromatic carbocycles. The van der Waals surface area contributed by atoms with Crippen LogP contribution in [0.5, 0.6) is 0 Å². The number of carbonyl (C=O) groups is 2. The van der Waals surface area contributed by atoms with E-state index in [1.54, 1.807) is 0 Å². The molecule has 4 N–H and O–H groups in total. The molecule has 0 saturated carbocycles. The maximum absolute atomic E-state index is 10.8. The maximum atomic E-state index is 10.8. The van der Waals surface area contributed by atoms with E-state index in [0.29, 0.717) is 26.2 Å². The van der Waals surface area contributed by atoms with Crippen molar-refractivity contribution < 1.29 is 29.3 Å². The number of hydrogen-bond donors (Lipinski definition) is 4. The normalized spacial score (nSPS) is 29.3. The Morgan fingerprint density at radius 1 is 0.818 bits per heavy atom. The van der Waals surface area contributed by atoms with E-state index >= 15 is 0 Å². The SMILES string of the molecule is COC(=O)[C@@H]1CNC[C@@H]1O.COC(=O)[C@H]1CNC[C@H]1O.Cl.Cl. The second-order valence-corrected chi connectivity index (χ2v) is 4.71. The fourth-order valence-electron chi connectivity index (χ4n) is 2.11. The first-order valence-electron chi connectivity index (χ1n) is 6.44. The van der Waals surface area contributed by atoms with Gasteiger partial charge in [0.05, 0.1) is 38.3 Å². The van der Waals surface area contributed by atoms with Gasteiger partial charge in [0, 0.05) is 26.2 Å². The van der Waals surface area contributed by atoms with Crippen molar-refractivity contribution in [1.82, 2.24) is 10.6 Å². The molecule has 0 aromatic rings. The number of carbonyl (C=O) groups excluding carboxylic acids is 2. The van der Waals surface area contributed by atoms with Gasteiger partial charge in [0.15, 0.2) is 0 Å². The van der Waals surface area contributed by atoms with Crippen LogP contribution in [0.4, 0.5) is 0 Å². The van der Waals surface area contributed by atoms with Crippen molar-refractivity contribution in [1.29, 1.82) is 0 Å². The fourth-order valence-corrected chi connectivity index (χ4v) is 2.11. The molecule has 2 saturated heterocycles. The highest BCUT2D eigenvalue weighted by Crippen LogP contribution is 2.10. The standard InChI is InChI=1S/2C6H11NO3.2ClH/c2*1-10-6(9)4-2-7-3-5(4)8;;/h2*4-5,7-8H,2-3H2,1H3;2*1H/t2*4-,5+;;/m10../s1. The molecule has 8 nitrogen and oxygen atoms in total. The van der Waals surface area contributed by atoms with Gasteiger partial charge in [-0.3, -0.25) is 9.59 Å². The average molecular weight is 363 g/mol. The Morgan fingerprint density at radius 2 is 1.14 bits per heavy atom. The highest BCUT2D eigenvalue weighted by molar-refractivity contribution is 5.85. The first kappa shape index (κ1) is 23.6. The third-order valence-corrected chi connectivity index (χ3v) is 3.37. The zero-order valence-corrected chi connectivity index (χ0v) is 14.1. The summed E-state index contributed by atoms with van der Waals surface area (Å²) in [5, 5.41) is 24.0. The third-order valence-electron chi connectivity index (χ3n) is 3.37. The van der Waals surface area contributed by atoms with E-state index in [4.69, 9.17) is 10.2 Å². The fraction of sp³-hybridized carbons (Fsp3) is 0.833. The number of esters is 2. The molecule has 2 aliphatic heterocycles. The summed E-state index contributed by atoms with van der Waals surface area (Å²) in [6, 6.07) is 0. The number of hydrogen-bond acceptors (Lipinski definition) is 8. The van der Waals surface area contributed by atoms with Gasteiger partial charge in [0.2, 0.25) is 0 Å². The van der Waals surface area contributed by atoms with Crippen LogP contribution in [0.2, 0.25) is 0 Å². The Hall–Kier alpha value is -0.640. The minimum atomic E-state index is -0.576. The van der Waals surface area contributed by atoms with Gasteiger partial charge >= 0.3 is 11.9 Å². The minimum absolute atomic E-state index is 0. The third kappa shape index (κ3) is 6.64. The zero-order valence-electron chi connectivity index (χ0n) is 12.5. The monoisotopic (exact) mass is 362 g/mol. The highest BCUT2D eigenvalue weighted by Gasteiger charge is 2.32. The number of β-amino-alcohol motifs (C(OH)–C–C–N with tert-alkyl or cyclic N) is 2. The summed E-state index contributed by atoms with van der Waals surface area (Å²) in [5.41, 5.74) is 0. The first-order valence-corrected chi connectivity index (χ1v) is 6.44. The van der Waals surface area contributed by atoms with Crippen molar-refractivity contribution in [3.05, 3.63) is 0 Å². The van der Waals surface area contributed by atoms with Gasteiger partial charge in [-0.05, 0) is 0 Å². The van der Waals surface area contributed by atoms with Crippen molar-refractivity contribution in [2.45, 2.75) is 12.2 Å². The van der Waals surface area contributed by atoms with Crippen molar-refractivity contribution >= 4 is 36.8 Å². The predicted octanol–water partition coefficient (Wildman–Crippen LogP) is -1.68. The number of ether oxygens (including phenoxy) is 2. The number of rotatable bonds is 2. The lowest BCUT2D eigenvalue weighted by molar-refractivity contribution is -0.148.